The van der Waals surface area contributed by atoms with E-state index in [-0.39, 0.29) is 5.97 Å². The first-order valence-electron chi connectivity index (χ1n) is 4.56. The number of carbonyl (C=O) groups is 1. The third-order valence-corrected chi connectivity index (χ3v) is 2.90. The number of esters is 1. The van der Waals surface area contributed by atoms with Gasteiger partial charge in [-0.25, -0.2) is 4.79 Å². The summed E-state index contributed by atoms with van der Waals surface area (Å²) >= 11 is 1.47. The monoisotopic (exact) mass is 225 g/mol. The van der Waals surface area contributed by atoms with Crippen LogP contribution in [0, 0.1) is 0 Å². The molecule has 0 unspecified atom stereocenters. The summed E-state index contributed by atoms with van der Waals surface area (Å²) in [6.07, 6.45) is 0. The molecular weight excluding hydrogens is 214 g/mol. The first kappa shape index (κ1) is 10.3. The van der Waals surface area contributed by atoms with Crippen LogP contribution in [-0.2, 0) is 4.74 Å². The van der Waals surface area contributed by atoms with Gasteiger partial charge in [-0.05, 0) is 30.1 Å². The number of fused-ring (bicyclic) bond motifs is 1. The predicted molar refractivity (Wildman–Crippen MR) is 57.1 cm³/mol. The highest BCUT2D eigenvalue weighted by atomic mass is 32.2. The average molecular weight is 225 g/mol. The van der Waals surface area contributed by atoms with E-state index in [0.717, 1.165) is 17.2 Å². The fourth-order valence-corrected chi connectivity index (χ4v) is 2.04. The van der Waals surface area contributed by atoms with Gasteiger partial charge in [-0.2, -0.15) is 0 Å². The maximum Gasteiger partial charge on any atom is 0.337 e. The number of methoxy groups -OCH3 is 1. The van der Waals surface area contributed by atoms with Gasteiger partial charge in [0.2, 0.25) is 0 Å². The lowest BCUT2D eigenvalue weighted by Crippen LogP contribution is -2.10. The molecule has 0 saturated heterocycles. The van der Waals surface area contributed by atoms with Crippen LogP contribution in [0.4, 0.5) is 0 Å². The maximum absolute atomic E-state index is 11.3. The Bertz CT molecular complexity index is 381. The Kier molecular flexibility index (Phi) is 3.13. The SMILES string of the molecule is COC(=O)c1ccc2c(c1)SNCCO2. The van der Waals surface area contributed by atoms with Crippen LogP contribution in [0.3, 0.4) is 0 Å². The van der Waals surface area contributed by atoms with E-state index in [1.165, 1.54) is 19.1 Å². The fourth-order valence-electron chi connectivity index (χ4n) is 1.28. The number of carbonyl (C=O) groups excluding carboxylic acids is 1. The van der Waals surface area contributed by atoms with Gasteiger partial charge in [0.25, 0.3) is 0 Å². The van der Waals surface area contributed by atoms with Gasteiger partial charge < -0.3 is 9.47 Å². The second kappa shape index (κ2) is 4.55. The van der Waals surface area contributed by atoms with Gasteiger partial charge in [-0.3, -0.25) is 4.72 Å². The predicted octanol–water partition coefficient (Wildman–Crippen LogP) is 1.46. The van der Waals surface area contributed by atoms with Crippen molar-refractivity contribution in [3.05, 3.63) is 23.8 Å². The normalized spacial score (nSPS) is 14.7. The van der Waals surface area contributed by atoms with Gasteiger partial charge >= 0.3 is 5.97 Å². The van der Waals surface area contributed by atoms with Crippen molar-refractivity contribution in [2.45, 2.75) is 4.90 Å². The minimum Gasteiger partial charge on any atom is -0.491 e. The van der Waals surface area contributed by atoms with Crippen LogP contribution >= 0.6 is 11.9 Å². The van der Waals surface area contributed by atoms with Gasteiger partial charge in [-0.1, -0.05) is 0 Å². The van der Waals surface area contributed by atoms with Gasteiger partial charge in [0.05, 0.1) is 17.6 Å². The average Bonchev–Trinajstić information content (AvgIpc) is 2.51. The minimum absolute atomic E-state index is 0.331. The first-order valence-corrected chi connectivity index (χ1v) is 5.38. The highest BCUT2D eigenvalue weighted by molar-refractivity contribution is 7.97. The summed E-state index contributed by atoms with van der Waals surface area (Å²) in [5.41, 5.74) is 0.538. The molecular formula is C10H11NO3S. The van der Waals surface area contributed by atoms with Crippen molar-refractivity contribution < 1.29 is 14.3 Å². The summed E-state index contributed by atoms with van der Waals surface area (Å²) < 4.78 is 13.3. The van der Waals surface area contributed by atoms with Gasteiger partial charge in [0, 0.05) is 6.54 Å². The number of nitrogens with one attached hydrogen (secondary N) is 1. The van der Waals surface area contributed by atoms with Crippen molar-refractivity contribution in [1.29, 1.82) is 0 Å². The molecule has 1 aliphatic rings. The second-order valence-corrected chi connectivity index (χ2v) is 3.93. The molecule has 0 saturated carbocycles. The number of benzene rings is 1. The second-order valence-electron chi connectivity index (χ2n) is 3.00. The van der Waals surface area contributed by atoms with Crippen molar-refractivity contribution in [3.8, 4) is 5.75 Å². The van der Waals surface area contributed by atoms with Gasteiger partial charge in [0.15, 0.2) is 0 Å². The Morgan fingerprint density at radius 2 is 2.47 bits per heavy atom. The molecule has 0 bridgehead atoms. The van der Waals surface area contributed by atoms with Gasteiger partial charge in [-0.15, -0.1) is 0 Å². The Morgan fingerprint density at radius 3 is 3.27 bits per heavy atom. The van der Waals surface area contributed by atoms with Crippen LogP contribution in [0.25, 0.3) is 0 Å². The standard InChI is InChI=1S/C10H11NO3S/c1-13-10(12)7-2-3-8-9(6-7)15-11-4-5-14-8/h2-3,6,11H,4-5H2,1H3. The quantitative estimate of drug-likeness (QED) is 0.579. The Hall–Kier alpha value is -1.20. The summed E-state index contributed by atoms with van der Waals surface area (Å²) in [4.78, 5) is 12.2. The molecule has 4 nitrogen and oxygen atoms in total. The zero-order chi connectivity index (χ0) is 10.7. The molecule has 0 spiro atoms. The number of hydrogen-bond donors (Lipinski definition) is 1. The van der Waals surface area contributed by atoms with E-state index in [1.807, 2.05) is 0 Å². The van der Waals surface area contributed by atoms with Crippen LogP contribution in [0.15, 0.2) is 23.1 Å². The number of hydrogen-bond acceptors (Lipinski definition) is 5. The van der Waals surface area contributed by atoms with E-state index in [4.69, 9.17) is 4.74 Å². The summed E-state index contributed by atoms with van der Waals surface area (Å²) in [5, 5.41) is 0. The van der Waals surface area contributed by atoms with E-state index >= 15 is 0 Å². The molecule has 0 atom stereocenters. The fraction of sp³-hybridized carbons (Fsp3) is 0.300. The van der Waals surface area contributed by atoms with Crippen LogP contribution in [0.5, 0.6) is 5.75 Å². The van der Waals surface area contributed by atoms with Crippen molar-refractivity contribution >= 4 is 17.9 Å². The lowest BCUT2D eigenvalue weighted by molar-refractivity contribution is 0.0600. The van der Waals surface area contributed by atoms with Crippen molar-refractivity contribution in [3.63, 3.8) is 0 Å². The molecule has 15 heavy (non-hydrogen) atoms. The molecule has 0 aromatic heterocycles. The lowest BCUT2D eigenvalue weighted by Gasteiger charge is -2.06. The van der Waals surface area contributed by atoms with E-state index < -0.39 is 0 Å². The number of rotatable bonds is 1. The number of ether oxygens (including phenoxy) is 2. The third kappa shape index (κ3) is 2.24. The summed E-state index contributed by atoms with van der Waals surface area (Å²) in [5.74, 6) is 0.473. The highest BCUT2D eigenvalue weighted by Crippen LogP contribution is 2.30. The van der Waals surface area contributed by atoms with E-state index in [9.17, 15) is 4.79 Å². The molecule has 1 heterocycles. The molecule has 1 aromatic rings. The molecule has 2 rings (SSSR count). The largest absolute Gasteiger partial charge is 0.491 e. The molecule has 80 valence electrons. The summed E-state index contributed by atoms with van der Waals surface area (Å²) in [6, 6.07) is 5.27. The van der Waals surface area contributed by atoms with Crippen molar-refractivity contribution in [2.24, 2.45) is 0 Å². The van der Waals surface area contributed by atoms with E-state index in [0.29, 0.717) is 12.2 Å². The molecule has 5 heteroatoms. The smallest absolute Gasteiger partial charge is 0.337 e. The highest BCUT2D eigenvalue weighted by Gasteiger charge is 2.13. The minimum atomic E-state index is -0.331. The first-order chi connectivity index (χ1) is 7.31. The van der Waals surface area contributed by atoms with Crippen LogP contribution in [0.2, 0.25) is 0 Å². The molecule has 0 fully saturated rings. The molecule has 0 amide bonds. The molecule has 1 N–H and O–H groups in total. The summed E-state index contributed by atoms with van der Waals surface area (Å²) in [6.45, 7) is 1.42. The van der Waals surface area contributed by atoms with Crippen LogP contribution in [0.1, 0.15) is 10.4 Å². The Balaban J connectivity index is 2.31. The molecule has 1 aliphatic heterocycles. The van der Waals surface area contributed by atoms with Crippen LogP contribution < -0.4 is 9.46 Å². The topological polar surface area (TPSA) is 47.6 Å². The zero-order valence-corrected chi connectivity index (χ0v) is 9.10. The third-order valence-electron chi connectivity index (χ3n) is 2.01. The lowest BCUT2D eigenvalue weighted by atomic mass is 10.2. The summed E-state index contributed by atoms with van der Waals surface area (Å²) in [7, 11) is 1.37. The van der Waals surface area contributed by atoms with Crippen molar-refractivity contribution in [1.82, 2.24) is 4.72 Å². The van der Waals surface area contributed by atoms with E-state index in [2.05, 4.69) is 9.46 Å². The maximum atomic E-state index is 11.3. The van der Waals surface area contributed by atoms with E-state index in [1.54, 1.807) is 18.2 Å². The molecule has 1 aromatic carbocycles. The van der Waals surface area contributed by atoms with Gasteiger partial charge in [0.1, 0.15) is 12.4 Å². The Labute approximate surface area is 92.1 Å². The zero-order valence-electron chi connectivity index (χ0n) is 8.28. The van der Waals surface area contributed by atoms with Crippen molar-refractivity contribution in [2.75, 3.05) is 20.3 Å². The Morgan fingerprint density at radius 1 is 1.60 bits per heavy atom. The van der Waals surface area contributed by atoms with Crippen LogP contribution in [-0.4, -0.2) is 26.2 Å². The molecule has 0 radical (unpaired) electrons. The molecule has 0 aliphatic carbocycles.